The average molecular weight is 177 g/mol. The minimum Gasteiger partial charge on any atom is -0.481 e. The summed E-state index contributed by atoms with van der Waals surface area (Å²) in [6, 6.07) is 0. The molecule has 0 aliphatic rings. The molecule has 1 unspecified atom stereocenters. The molecular formula is C8H13ClO2. The number of carboxylic acids is 1. The molecule has 0 aromatic heterocycles. The molecule has 3 heteroatoms. The maximum absolute atomic E-state index is 10.1. The number of halogens is 1. The summed E-state index contributed by atoms with van der Waals surface area (Å²) in [6.07, 6.45) is 5.57. The summed E-state index contributed by atoms with van der Waals surface area (Å²) in [5, 5.41) is 8.11. The summed E-state index contributed by atoms with van der Waals surface area (Å²) >= 11 is 5.70. The molecule has 0 radical (unpaired) electrons. The van der Waals surface area contributed by atoms with E-state index in [4.69, 9.17) is 16.7 Å². The van der Waals surface area contributed by atoms with E-state index < -0.39 is 5.97 Å². The number of carbonyl (C=O) groups is 1. The Morgan fingerprint density at radius 3 is 2.82 bits per heavy atom. The molecule has 0 saturated heterocycles. The van der Waals surface area contributed by atoms with Gasteiger partial charge in [-0.2, -0.15) is 0 Å². The number of rotatable bonds is 5. The van der Waals surface area contributed by atoms with Crippen molar-refractivity contribution in [1.82, 2.24) is 0 Å². The molecule has 0 rings (SSSR count). The molecular weight excluding hydrogens is 164 g/mol. The van der Waals surface area contributed by atoms with Gasteiger partial charge in [-0.3, -0.25) is 4.79 Å². The van der Waals surface area contributed by atoms with Gasteiger partial charge in [0.2, 0.25) is 0 Å². The fourth-order valence-corrected chi connectivity index (χ4v) is 0.993. The lowest BCUT2D eigenvalue weighted by Crippen LogP contribution is -2.06. The predicted octanol–water partition coefficient (Wildman–Crippen LogP) is 2.42. The standard InChI is InChI=1S/C8H13ClO2/c1-2-3-4-5-7(9)6-8(10)11/h2-3,7H,4-6H2,1H3,(H,10,11)/b3-2+. The normalized spacial score (nSPS) is 13.6. The molecule has 0 amide bonds. The molecule has 0 heterocycles. The van der Waals surface area contributed by atoms with E-state index >= 15 is 0 Å². The van der Waals surface area contributed by atoms with Gasteiger partial charge in [0, 0.05) is 5.38 Å². The van der Waals surface area contributed by atoms with Crippen LogP contribution in [0.4, 0.5) is 0 Å². The van der Waals surface area contributed by atoms with Gasteiger partial charge in [-0.05, 0) is 19.8 Å². The highest BCUT2D eigenvalue weighted by Crippen LogP contribution is 2.09. The largest absolute Gasteiger partial charge is 0.481 e. The van der Waals surface area contributed by atoms with E-state index in [-0.39, 0.29) is 11.8 Å². The van der Waals surface area contributed by atoms with Crippen molar-refractivity contribution >= 4 is 17.6 Å². The quantitative estimate of drug-likeness (QED) is 0.516. The van der Waals surface area contributed by atoms with E-state index in [1.807, 2.05) is 19.1 Å². The molecule has 64 valence electrons. The van der Waals surface area contributed by atoms with Gasteiger partial charge < -0.3 is 5.11 Å². The van der Waals surface area contributed by atoms with Crippen molar-refractivity contribution in [3.05, 3.63) is 12.2 Å². The van der Waals surface area contributed by atoms with Crippen molar-refractivity contribution in [3.8, 4) is 0 Å². The fourth-order valence-electron chi connectivity index (χ4n) is 0.735. The summed E-state index contributed by atoms with van der Waals surface area (Å²) in [5.74, 6) is -0.828. The Labute approximate surface area is 71.9 Å². The number of aliphatic carboxylic acids is 1. The highest BCUT2D eigenvalue weighted by Gasteiger charge is 2.07. The summed E-state index contributed by atoms with van der Waals surface area (Å²) in [4.78, 5) is 10.1. The van der Waals surface area contributed by atoms with Crippen LogP contribution in [0.3, 0.4) is 0 Å². The summed E-state index contributed by atoms with van der Waals surface area (Å²) in [7, 11) is 0. The summed E-state index contributed by atoms with van der Waals surface area (Å²) in [6.45, 7) is 1.93. The first kappa shape index (κ1) is 10.5. The topological polar surface area (TPSA) is 37.3 Å². The zero-order chi connectivity index (χ0) is 8.69. The first-order valence-corrected chi connectivity index (χ1v) is 4.07. The Bertz CT molecular complexity index is 143. The van der Waals surface area contributed by atoms with Crippen LogP contribution in [0, 0.1) is 0 Å². The lowest BCUT2D eigenvalue weighted by Gasteiger charge is -2.02. The Hall–Kier alpha value is -0.500. The molecule has 1 atom stereocenters. The Kier molecular flexibility index (Phi) is 5.94. The molecule has 0 aromatic carbocycles. The van der Waals surface area contributed by atoms with Gasteiger partial charge in [0.1, 0.15) is 0 Å². The molecule has 0 aromatic rings. The maximum atomic E-state index is 10.1. The smallest absolute Gasteiger partial charge is 0.304 e. The molecule has 2 nitrogen and oxygen atoms in total. The molecule has 0 saturated carbocycles. The maximum Gasteiger partial charge on any atom is 0.304 e. The highest BCUT2D eigenvalue weighted by molar-refractivity contribution is 6.21. The fraction of sp³-hybridized carbons (Fsp3) is 0.625. The van der Waals surface area contributed by atoms with Crippen molar-refractivity contribution in [2.75, 3.05) is 0 Å². The third kappa shape index (κ3) is 7.40. The van der Waals surface area contributed by atoms with E-state index in [0.717, 1.165) is 12.8 Å². The second kappa shape index (κ2) is 6.23. The molecule has 0 aliphatic heterocycles. The SMILES string of the molecule is C/C=C/CCC(Cl)CC(=O)O. The van der Waals surface area contributed by atoms with Gasteiger partial charge in [0.05, 0.1) is 6.42 Å². The first-order chi connectivity index (χ1) is 5.16. The minimum absolute atomic E-state index is 0.0547. The number of hydrogen-bond acceptors (Lipinski definition) is 1. The van der Waals surface area contributed by atoms with Gasteiger partial charge in [-0.15, -0.1) is 11.6 Å². The number of alkyl halides is 1. The zero-order valence-corrected chi connectivity index (χ0v) is 7.34. The zero-order valence-electron chi connectivity index (χ0n) is 6.59. The second-order valence-corrected chi connectivity index (χ2v) is 2.96. The molecule has 0 aliphatic carbocycles. The minimum atomic E-state index is -0.828. The van der Waals surface area contributed by atoms with Crippen LogP contribution in [0.15, 0.2) is 12.2 Å². The lowest BCUT2D eigenvalue weighted by atomic mass is 10.2. The molecule has 1 N–H and O–H groups in total. The van der Waals surface area contributed by atoms with E-state index in [0.29, 0.717) is 0 Å². The van der Waals surface area contributed by atoms with Gasteiger partial charge in [0.25, 0.3) is 0 Å². The van der Waals surface area contributed by atoms with Crippen molar-refractivity contribution in [2.24, 2.45) is 0 Å². The summed E-state index contributed by atoms with van der Waals surface area (Å²) < 4.78 is 0. The first-order valence-electron chi connectivity index (χ1n) is 3.63. The Morgan fingerprint density at radius 1 is 1.73 bits per heavy atom. The van der Waals surface area contributed by atoms with Crippen LogP contribution in [0.2, 0.25) is 0 Å². The number of allylic oxidation sites excluding steroid dienone is 2. The lowest BCUT2D eigenvalue weighted by molar-refractivity contribution is -0.137. The van der Waals surface area contributed by atoms with E-state index in [1.165, 1.54) is 0 Å². The average Bonchev–Trinajstić information content (AvgIpc) is 1.86. The molecule has 0 fully saturated rings. The van der Waals surface area contributed by atoms with Gasteiger partial charge >= 0.3 is 5.97 Å². The van der Waals surface area contributed by atoms with Gasteiger partial charge in [0.15, 0.2) is 0 Å². The number of hydrogen-bond donors (Lipinski definition) is 1. The third-order valence-electron chi connectivity index (χ3n) is 1.28. The van der Waals surface area contributed by atoms with Gasteiger partial charge in [-0.25, -0.2) is 0 Å². The van der Waals surface area contributed by atoms with Crippen LogP contribution in [-0.2, 0) is 4.79 Å². The van der Waals surface area contributed by atoms with Crippen LogP contribution in [0.1, 0.15) is 26.2 Å². The van der Waals surface area contributed by atoms with E-state index in [2.05, 4.69) is 0 Å². The van der Waals surface area contributed by atoms with Crippen LogP contribution in [0.25, 0.3) is 0 Å². The Balaban J connectivity index is 3.36. The summed E-state index contributed by atoms with van der Waals surface area (Å²) in [5.41, 5.74) is 0. The number of carboxylic acid groups (broad SMARTS) is 1. The van der Waals surface area contributed by atoms with Crippen LogP contribution in [0.5, 0.6) is 0 Å². The van der Waals surface area contributed by atoms with Crippen LogP contribution < -0.4 is 0 Å². The van der Waals surface area contributed by atoms with Crippen LogP contribution in [-0.4, -0.2) is 16.5 Å². The van der Waals surface area contributed by atoms with E-state index in [1.54, 1.807) is 0 Å². The predicted molar refractivity (Wildman–Crippen MR) is 45.9 cm³/mol. The molecule has 0 bridgehead atoms. The van der Waals surface area contributed by atoms with Gasteiger partial charge in [-0.1, -0.05) is 12.2 Å². The monoisotopic (exact) mass is 176 g/mol. The molecule has 11 heavy (non-hydrogen) atoms. The molecule has 0 spiro atoms. The van der Waals surface area contributed by atoms with Crippen molar-refractivity contribution < 1.29 is 9.90 Å². The van der Waals surface area contributed by atoms with E-state index in [9.17, 15) is 4.79 Å². The van der Waals surface area contributed by atoms with Crippen molar-refractivity contribution in [1.29, 1.82) is 0 Å². The highest BCUT2D eigenvalue weighted by atomic mass is 35.5. The Morgan fingerprint density at radius 2 is 2.36 bits per heavy atom. The van der Waals surface area contributed by atoms with Crippen molar-refractivity contribution in [2.45, 2.75) is 31.6 Å². The second-order valence-electron chi connectivity index (χ2n) is 2.34. The third-order valence-corrected chi connectivity index (χ3v) is 1.65. The van der Waals surface area contributed by atoms with Crippen molar-refractivity contribution in [3.63, 3.8) is 0 Å². The van der Waals surface area contributed by atoms with Crippen LogP contribution >= 0.6 is 11.6 Å².